The fraction of sp³-hybridized carbons (Fsp3) is 0.538. The van der Waals surface area contributed by atoms with Crippen LogP contribution in [-0.4, -0.2) is 5.11 Å². The van der Waals surface area contributed by atoms with E-state index in [2.05, 4.69) is 20.8 Å². The largest absolute Gasteiger partial charge is 0.388 e. The molecule has 0 aliphatic carbocycles. The number of rotatable bonds is 4. The van der Waals surface area contributed by atoms with Crippen molar-refractivity contribution in [3.63, 3.8) is 0 Å². The molecule has 1 rings (SSSR count). The third kappa shape index (κ3) is 3.15. The molecule has 0 saturated carbocycles. The SMILES string of the molecule is CC(C)CC(C)C(O)c1ccccc1. The molecular formula is C13H20O. The Morgan fingerprint density at radius 3 is 2.14 bits per heavy atom. The van der Waals surface area contributed by atoms with E-state index in [1.54, 1.807) is 0 Å². The summed E-state index contributed by atoms with van der Waals surface area (Å²) in [5.74, 6) is 0.973. The van der Waals surface area contributed by atoms with Crippen molar-refractivity contribution in [3.05, 3.63) is 35.9 Å². The molecule has 0 heterocycles. The summed E-state index contributed by atoms with van der Waals surface area (Å²) in [6.45, 7) is 6.49. The van der Waals surface area contributed by atoms with Gasteiger partial charge in [-0.25, -0.2) is 0 Å². The Hall–Kier alpha value is -0.820. The molecule has 0 fully saturated rings. The number of aliphatic hydroxyl groups excluding tert-OH is 1. The Balaban J connectivity index is 2.61. The van der Waals surface area contributed by atoms with E-state index in [4.69, 9.17) is 0 Å². The molecule has 0 radical (unpaired) electrons. The van der Waals surface area contributed by atoms with E-state index >= 15 is 0 Å². The molecule has 0 spiro atoms. The lowest BCUT2D eigenvalue weighted by molar-refractivity contribution is 0.105. The summed E-state index contributed by atoms with van der Waals surface area (Å²) < 4.78 is 0. The van der Waals surface area contributed by atoms with Crippen LogP contribution in [0.3, 0.4) is 0 Å². The highest BCUT2D eigenvalue weighted by molar-refractivity contribution is 5.17. The van der Waals surface area contributed by atoms with Gasteiger partial charge in [-0.05, 0) is 23.8 Å². The normalized spacial score (nSPS) is 15.5. The van der Waals surface area contributed by atoms with Crippen molar-refractivity contribution in [3.8, 4) is 0 Å². The van der Waals surface area contributed by atoms with Crippen LogP contribution in [0.4, 0.5) is 0 Å². The van der Waals surface area contributed by atoms with Crippen molar-refractivity contribution in [2.75, 3.05) is 0 Å². The molecule has 1 N–H and O–H groups in total. The second-order valence-corrected chi connectivity index (χ2v) is 4.46. The molecule has 78 valence electrons. The monoisotopic (exact) mass is 192 g/mol. The fourth-order valence-corrected chi connectivity index (χ4v) is 1.85. The van der Waals surface area contributed by atoms with Gasteiger partial charge in [0.2, 0.25) is 0 Å². The first-order chi connectivity index (χ1) is 6.61. The first-order valence-corrected chi connectivity index (χ1v) is 5.34. The van der Waals surface area contributed by atoms with Gasteiger partial charge in [0, 0.05) is 0 Å². The molecule has 2 unspecified atom stereocenters. The maximum absolute atomic E-state index is 10.0. The van der Waals surface area contributed by atoms with Crippen LogP contribution in [0.15, 0.2) is 30.3 Å². The standard InChI is InChI=1S/C13H20O/c1-10(2)9-11(3)13(14)12-7-5-4-6-8-12/h4-8,10-11,13-14H,9H2,1-3H3. The van der Waals surface area contributed by atoms with Crippen molar-refractivity contribution in [2.45, 2.75) is 33.3 Å². The van der Waals surface area contributed by atoms with Gasteiger partial charge in [0.25, 0.3) is 0 Å². The van der Waals surface area contributed by atoms with Gasteiger partial charge in [-0.3, -0.25) is 0 Å². The maximum atomic E-state index is 10.0. The van der Waals surface area contributed by atoms with Crippen LogP contribution < -0.4 is 0 Å². The van der Waals surface area contributed by atoms with Gasteiger partial charge >= 0.3 is 0 Å². The smallest absolute Gasteiger partial charge is 0.0815 e. The van der Waals surface area contributed by atoms with E-state index in [0.717, 1.165) is 12.0 Å². The molecule has 0 amide bonds. The summed E-state index contributed by atoms with van der Waals surface area (Å²) in [4.78, 5) is 0. The van der Waals surface area contributed by atoms with Crippen LogP contribution >= 0.6 is 0 Å². The highest BCUT2D eigenvalue weighted by Gasteiger charge is 2.16. The molecule has 1 aromatic rings. The lowest BCUT2D eigenvalue weighted by atomic mass is 9.90. The molecule has 0 aliphatic heterocycles. The summed E-state index contributed by atoms with van der Waals surface area (Å²) >= 11 is 0. The Bertz CT molecular complexity index is 253. The molecule has 0 bridgehead atoms. The average molecular weight is 192 g/mol. The van der Waals surface area contributed by atoms with Crippen molar-refractivity contribution < 1.29 is 5.11 Å². The Morgan fingerprint density at radius 2 is 1.64 bits per heavy atom. The zero-order valence-electron chi connectivity index (χ0n) is 9.27. The van der Waals surface area contributed by atoms with E-state index in [1.165, 1.54) is 0 Å². The molecule has 0 aromatic heterocycles. The second-order valence-electron chi connectivity index (χ2n) is 4.46. The van der Waals surface area contributed by atoms with Crippen LogP contribution in [0.1, 0.15) is 38.9 Å². The van der Waals surface area contributed by atoms with Crippen LogP contribution in [0.5, 0.6) is 0 Å². The molecule has 2 atom stereocenters. The van der Waals surface area contributed by atoms with Gasteiger partial charge < -0.3 is 5.11 Å². The molecular weight excluding hydrogens is 172 g/mol. The van der Waals surface area contributed by atoms with E-state index < -0.39 is 0 Å². The molecule has 1 nitrogen and oxygen atoms in total. The summed E-state index contributed by atoms with van der Waals surface area (Å²) in [5, 5.41) is 10.0. The number of hydrogen-bond donors (Lipinski definition) is 1. The zero-order chi connectivity index (χ0) is 10.6. The fourth-order valence-electron chi connectivity index (χ4n) is 1.85. The summed E-state index contributed by atoms with van der Waals surface area (Å²) in [6, 6.07) is 9.90. The lowest BCUT2D eigenvalue weighted by Gasteiger charge is -2.20. The molecule has 1 aromatic carbocycles. The summed E-state index contributed by atoms with van der Waals surface area (Å²) in [5.41, 5.74) is 1.03. The Kier molecular flexibility index (Phi) is 4.15. The van der Waals surface area contributed by atoms with Crippen molar-refractivity contribution in [1.29, 1.82) is 0 Å². The predicted octanol–water partition coefficient (Wildman–Crippen LogP) is 3.40. The topological polar surface area (TPSA) is 20.2 Å². The van der Waals surface area contributed by atoms with Gasteiger partial charge in [-0.2, -0.15) is 0 Å². The Labute approximate surface area is 86.8 Å². The van der Waals surface area contributed by atoms with Gasteiger partial charge in [0.15, 0.2) is 0 Å². The highest BCUT2D eigenvalue weighted by atomic mass is 16.3. The molecule has 0 saturated heterocycles. The van der Waals surface area contributed by atoms with E-state index in [0.29, 0.717) is 11.8 Å². The highest BCUT2D eigenvalue weighted by Crippen LogP contribution is 2.26. The number of hydrogen-bond acceptors (Lipinski definition) is 1. The summed E-state index contributed by atoms with van der Waals surface area (Å²) in [6.07, 6.45) is 0.745. The van der Waals surface area contributed by atoms with Gasteiger partial charge in [0.05, 0.1) is 6.10 Å². The predicted molar refractivity (Wildman–Crippen MR) is 60.0 cm³/mol. The molecule has 14 heavy (non-hydrogen) atoms. The minimum absolute atomic E-state index is 0.321. The maximum Gasteiger partial charge on any atom is 0.0815 e. The first-order valence-electron chi connectivity index (χ1n) is 5.34. The van der Waals surface area contributed by atoms with Gasteiger partial charge in [0.1, 0.15) is 0 Å². The van der Waals surface area contributed by atoms with Crippen LogP contribution in [0.25, 0.3) is 0 Å². The van der Waals surface area contributed by atoms with Crippen molar-refractivity contribution in [2.24, 2.45) is 11.8 Å². The zero-order valence-corrected chi connectivity index (χ0v) is 9.27. The van der Waals surface area contributed by atoms with Crippen LogP contribution in [-0.2, 0) is 0 Å². The molecule has 1 heteroatoms. The third-order valence-corrected chi connectivity index (χ3v) is 2.52. The number of aliphatic hydroxyl groups is 1. The van der Waals surface area contributed by atoms with Gasteiger partial charge in [-0.15, -0.1) is 0 Å². The van der Waals surface area contributed by atoms with E-state index in [9.17, 15) is 5.11 Å². The van der Waals surface area contributed by atoms with Crippen molar-refractivity contribution >= 4 is 0 Å². The van der Waals surface area contributed by atoms with Gasteiger partial charge in [-0.1, -0.05) is 51.1 Å². The van der Waals surface area contributed by atoms with E-state index in [-0.39, 0.29) is 6.10 Å². The average Bonchev–Trinajstić information content (AvgIpc) is 2.17. The van der Waals surface area contributed by atoms with Crippen LogP contribution in [0.2, 0.25) is 0 Å². The minimum atomic E-state index is -0.321. The third-order valence-electron chi connectivity index (χ3n) is 2.52. The first kappa shape index (κ1) is 11.3. The molecule has 0 aliphatic rings. The number of benzene rings is 1. The minimum Gasteiger partial charge on any atom is -0.388 e. The van der Waals surface area contributed by atoms with E-state index in [1.807, 2.05) is 30.3 Å². The summed E-state index contributed by atoms with van der Waals surface area (Å²) in [7, 11) is 0. The van der Waals surface area contributed by atoms with Crippen LogP contribution in [0, 0.1) is 11.8 Å². The Morgan fingerprint density at radius 1 is 1.07 bits per heavy atom. The second kappa shape index (κ2) is 5.16. The lowest BCUT2D eigenvalue weighted by Crippen LogP contribution is -2.11. The van der Waals surface area contributed by atoms with Crippen molar-refractivity contribution in [1.82, 2.24) is 0 Å². The quantitative estimate of drug-likeness (QED) is 0.775.